The van der Waals surface area contributed by atoms with Crippen molar-refractivity contribution in [3.05, 3.63) is 152 Å². The van der Waals surface area contributed by atoms with E-state index in [1.807, 2.05) is 23.5 Å². The van der Waals surface area contributed by atoms with E-state index in [-0.39, 0.29) is 0 Å². The highest BCUT2D eigenvalue weighted by Crippen LogP contribution is 2.42. The van der Waals surface area contributed by atoms with E-state index in [1.165, 1.54) is 42.1 Å². The molecular weight excluding hydrogens is 543 g/mol. The Morgan fingerprint density at radius 3 is 1.95 bits per heavy atom. The molecule has 0 radical (unpaired) electrons. The molecular formula is C40H25NOS. The van der Waals surface area contributed by atoms with Crippen molar-refractivity contribution in [2.45, 2.75) is 0 Å². The van der Waals surface area contributed by atoms with Gasteiger partial charge in [-0.05, 0) is 82.6 Å². The molecule has 0 saturated heterocycles. The number of fused-ring (bicyclic) bond motifs is 7. The summed E-state index contributed by atoms with van der Waals surface area (Å²) in [6.07, 6.45) is 0. The van der Waals surface area contributed by atoms with Crippen LogP contribution in [-0.2, 0) is 0 Å². The van der Waals surface area contributed by atoms with Gasteiger partial charge in [0.25, 0.3) is 0 Å². The largest absolute Gasteiger partial charge is 0.456 e. The van der Waals surface area contributed by atoms with E-state index in [9.17, 15) is 0 Å². The van der Waals surface area contributed by atoms with Crippen molar-refractivity contribution in [2.75, 3.05) is 4.90 Å². The predicted molar refractivity (Wildman–Crippen MR) is 184 cm³/mol. The Labute approximate surface area is 252 Å². The summed E-state index contributed by atoms with van der Waals surface area (Å²) >= 11 is 1.86. The number of para-hydroxylation sites is 1. The molecule has 43 heavy (non-hydrogen) atoms. The second-order valence-electron chi connectivity index (χ2n) is 11.0. The van der Waals surface area contributed by atoms with Gasteiger partial charge in [-0.3, -0.25) is 0 Å². The molecule has 0 fully saturated rings. The predicted octanol–water partition coefficient (Wildman–Crippen LogP) is 12.2. The molecule has 0 aliphatic carbocycles. The third kappa shape index (κ3) is 4.01. The lowest BCUT2D eigenvalue weighted by molar-refractivity contribution is 0.669. The lowest BCUT2D eigenvalue weighted by atomic mass is 10.0. The first-order chi connectivity index (χ1) is 21.3. The third-order valence-electron chi connectivity index (χ3n) is 8.43. The monoisotopic (exact) mass is 567 g/mol. The third-order valence-corrected chi connectivity index (χ3v) is 9.56. The number of hydrogen-bond donors (Lipinski definition) is 0. The smallest absolute Gasteiger partial charge is 0.137 e. The minimum atomic E-state index is 0.886. The molecule has 2 heterocycles. The van der Waals surface area contributed by atoms with Gasteiger partial charge < -0.3 is 9.32 Å². The summed E-state index contributed by atoms with van der Waals surface area (Å²) in [6, 6.07) is 54.3. The molecule has 7 aromatic carbocycles. The summed E-state index contributed by atoms with van der Waals surface area (Å²) in [5.41, 5.74) is 7.46. The summed E-state index contributed by atoms with van der Waals surface area (Å²) in [5, 5.41) is 7.39. The van der Waals surface area contributed by atoms with Gasteiger partial charge in [-0.15, -0.1) is 11.3 Å². The second-order valence-corrected chi connectivity index (χ2v) is 12.1. The highest BCUT2D eigenvalue weighted by atomic mass is 32.1. The molecule has 0 aliphatic rings. The Morgan fingerprint density at radius 1 is 0.395 bits per heavy atom. The fourth-order valence-electron chi connectivity index (χ4n) is 6.33. The van der Waals surface area contributed by atoms with Crippen LogP contribution in [0.3, 0.4) is 0 Å². The standard InChI is InChI=1S/C40H25NOS/c1-2-8-26(9-3-1)27-14-17-30(18-15-27)41(32-20-21-34-33-10-4-6-12-37(33)42-38(34)25-32)31-19-16-28-23-36-35-11-5-7-13-39(35)43-40(36)24-29(28)22-31/h1-25H. The first-order valence-electron chi connectivity index (χ1n) is 14.5. The molecule has 0 spiro atoms. The van der Waals surface area contributed by atoms with E-state index in [1.54, 1.807) is 0 Å². The lowest BCUT2D eigenvalue weighted by Crippen LogP contribution is -2.09. The van der Waals surface area contributed by atoms with Crippen molar-refractivity contribution in [2.24, 2.45) is 0 Å². The maximum Gasteiger partial charge on any atom is 0.137 e. The van der Waals surface area contributed by atoms with Gasteiger partial charge in [0.05, 0.1) is 0 Å². The molecule has 0 amide bonds. The topological polar surface area (TPSA) is 16.4 Å². The quantitative estimate of drug-likeness (QED) is 0.210. The molecule has 0 bridgehead atoms. The molecule has 2 aromatic heterocycles. The molecule has 0 atom stereocenters. The molecule has 0 unspecified atom stereocenters. The van der Waals surface area contributed by atoms with Gasteiger partial charge in [0.15, 0.2) is 0 Å². The SMILES string of the molecule is c1ccc(-c2ccc(N(c3ccc4cc5c(cc4c3)sc3ccccc35)c3ccc4c(c3)oc3ccccc34)cc2)cc1. The second kappa shape index (κ2) is 9.59. The van der Waals surface area contributed by atoms with Crippen LogP contribution in [-0.4, -0.2) is 0 Å². The number of benzene rings is 7. The summed E-state index contributed by atoms with van der Waals surface area (Å²) < 4.78 is 8.95. The van der Waals surface area contributed by atoms with Gasteiger partial charge >= 0.3 is 0 Å². The van der Waals surface area contributed by atoms with Crippen LogP contribution in [0.15, 0.2) is 156 Å². The zero-order chi connectivity index (χ0) is 28.3. The molecule has 0 aliphatic heterocycles. The zero-order valence-electron chi connectivity index (χ0n) is 23.2. The minimum Gasteiger partial charge on any atom is -0.456 e. The van der Waals surface area contributed by atoms with Gasteiger partial charge in [-0.2, -0.15) is 0 Å². The average Bonchev–Trinajstić information content (AvgIpc) is 3.62. The van der Waals surface area contributed by atoms with Gasteiger partial charge in [0, 0.05) is 54.1 Å². The first kappa shape index (κ1) is 24.2. The number of thiophene rings is 1. The van der Waals surface area contributed by atoms with Crippen molar-refractivity contribution in [3.8, 4) is 11.1 Å². The van der Waals surface area contributed by atoms with Gasteiger partial charge in [-0.25, -0.2) is 0 Å². The maximum atomic E-state index is 6.31. The zero-order valence-corrected chi connectivity index (χ0v) is 24.0. The molecule has 9 rings (SSSR count). The van der Waals surface area contributed by atoms with E-state index < -0.39 is 0 Å². The normalized spacial score (nSPS) is 11.7. The minimum absolute atomic E-state index is 0.886. The highest BCUT2D eigenvalue weighted by molar-refractivity contribution is 7.25. The molecule has 0 N–H and O–H groups in total. The summed E-state index contributed by atoms with van der Waals surface area (Å²) in [4.78, 5) is 2.33. The van der Waals surface area contributed by atoms with Gasteiger partial charge in [0.1, 0.15) is 11.2 Å². The van der Waals surface area contributed by atoms with E-state index >= 15 is 0 Å². The summed E-state index contributed by atoms with van der Waals surface area (Å²) in [5.74, 6) is 0. The Kier molecular flexibility index (Phi) is 5.40. The van der Waals surface area contributed by atoms with Crippen LogP contribution < -0.4 is 4.90 Å². The van der Waals surface area contributed by atoms with Crippen LogP contribution in [0.5, 0.6) is 0 Å². The number of nitrogens with zero attached hydrogens (tertiary/aromatic N) is 1. The Balaban J connectivity index is 1.22. The number of hydrogen-bond acceptors (Lipinski definition) is 3. The number of anilines is 3. The number of furan rings is 1. The molecule has 9 aromatic rings. The molecule has 0 saturated carbocycles. The van der Waals surface area contributed by atoms with Crippen LogP contribution in [0, 0.1) is 0 Å². The molecule has 2 nitrogen and oxygen atoms in total. The summed E-state index contributed by atoms with van der Waals surface area (Å²) in [6.45, 7) is 0. The fraction of sp³-hybridized carbons (Fsp3) is 0. The van der Waals surface area contributed by atoms with Crippen LogP contribution in [0.1, 0.15) is 0 Å². The van der Waals surface area contributed by atoms with Gasteiger partial charge in [0.2, 0.25) is 0 Å². The van der Waals surface area contributed by atoms with Crippen LogP contribution in [0.25, 0.3) is 64.0 Å². The van der Waals surface area contributed by atoms with Crippen molar-refractivity contribution in [1.82, 2.24) is 0 Å². The fourth-order valence-corrected chi connectivity index (χ4v) is 7.47. The van der Waals surface area contributed by atoms with Crippen molar-refractivity contribution < 1.29 is 4.42 Å². The van der Waals surface area contributed by atoms with Crippen molar-refractivity contribution in [3.63, 3.8) is 0 Å². The van der Waals surface area contributed by atoms with Crippen LogP contribution in [0.4, 0.5) is 17.1 Å². The average molecular weight is 568 g/mol. The Hall–Kier alpha value is -5.38. The van der Waals surface area contributed by atoms with Crippen molar-refractivity contribution in [1.29, 1.82) is 0 Å². The molecule has 202 valence electrons. The van der Waals surface area contributed by atoms with Crippen LogP contribution >= 0.6 is 11.3 Å². The highest BCUT2D eigenvalue weighted by Gasteiger charge is 2.17. The molecule has 3 heteroatoms. The van der Waals surface area contributed by atoms with Crippen molar-refractivity contribution >= 4 is 81.3 Å². The first-order valence-corrected chi connectivity index (χ1v) is 15.3. The Bertz CT molecular complexity index is 2450. The lowest BCUT2D eigenvalue weighted by Gasteiger charge is -2.26. The van der Waals surface area contributed by atoms with E-state index in [2.05, 4.69) is 144 Å². The van der Waals surface area contributed by atoms with Gasteiger partial charge in [-0.1, -0.05) is 84.9 Å². The maximum absolute atomic E-state index is 6.31. The van der Waals surface area contributed by atoms with E-state index in [0.717, 1.165) is 39.0 Å². The summed E-state index contributed by atoms with van der Waals surface area (Å²) in [7, 11) is 0. The van der Waals surface area contributed by atoms with E-state index in [4.69, 9.17) is 4.42 Å². The van der Waals surface area contributed by atoms with Crippen LogP contribution in [0.2, 0.25) is 0 Å². The van der Waals surface area contributed by atoms with E-state index in [0.29, 0.717) is 0 Å². The number of rotatable bonds is 4. The Morgan fingerprint density at radius 2 is 1.07 bits per heavy atom.